The minimum Gasteiger partial charge on any atom is -0.434 e. The third kappa shape index (κ3) is 4.91. The van der Waals surface area contributed by atoms with Crippen molar-refractivity contribution in [3.05, 3.63) is 52.5 Å². The van der Waals surface area contributed by atoms with Crippen molar-refractivity contribution in [1.29, 1.82) is 0 Å². The summed E-state index contributed by atoms with van der Waals surface area (Å²) in [6.07, 6.45) is 2.51. The molecule has 0 atom stereocenters. The van der Waals surface area contributed by atoms with E-state index in [1.54, 1.807) is 0 Å². The fourth-order valence-corrected chi connectivity index (χ4v) is 5.27. The third-order valence-corrected chi connectivity index (χ3v) is 7.25. The van der Waals surface area contributed by atoms with Crippen molar-refractivity contribution in [3.8, 4) is 5.75 Å². The zero-order valence-electron chi connectivity index (χ0n) is 16.2. The van der Waals surface area contributed by atoms with Crippen molar-refractivity contribution < 1.29 is 26.7 Å². The molecule has 0 bridgehead atoms. The van der Waals surface area contributed by atoms with Crippen molar-refractivity contribution in [1.82, 2.24) is 4.31 Å². The number of amides is 1. The molecule has 1 amide bonds. The molecule has 1 aliphatic heterocycles. The van der Waals surface area contributed by atoms with Crippen LogP contribution in [0.25, 0.3) is 0 Å². The summed E-state index contributed by atoms with van der Waals surface area (Å²) in [6, 6.07) is 8.36. The summed E-state index contributed by atoms with van der Waals surface area (Å²) < 4.78 is 56.8. The monoisotopic (exact) mass is 458 g/mol. The minimum absolute atomic E-state index is 0.0284. The Morgan fingerprint density at radius 1 is 1.17 bits per heavy atom. The Kier molecular flexibility index (Phi) is 6.95. The lowest BCUT2D eigenvalue weighted by atomic mass is 10.1. The van der Waals surface area contributed by atoms with Gasteiger partial charge in [0, 0.05) is 29.9 Å². The predicted molar refractivity (Wildman–Crippen MR) is 110 cm³/mol. The molecule has 1 fully saturated rings. The number of nitrogens with one attached hydrogen (secondary N) is 1. The standard InChI is InChI=1S/C20H21ClF2N2O4S/c1-13-16(6-5-7-17(13)29-20(22)23)24-19(26)14-8-9-15(21)18(12-14)30(27,28)25-10-3-2-4-11-25/h5-9,12,20H,2-4,10-11H2,1H3,(H,24,26). The summed E-state index contributed by atoms with van der Waals surface area (Å²) in [5.41, 5.74) is 0.671. The molecule has 1 aliphatic rings. The fraction of sp³-hybridized carbons (Fsp3) is 0.350. The lowest BCUT2D eigenvalue weighted by molar-refractivity contribution is -0.0502. The van der Waals surface area contributed by atoms with Gasteiger partial charge in [-0.05, 0) is 50.1 Å². The number of hydrogen-bond donors (Lipinski definition) is 1. The molecule has 0 aliphatic carbocycles. The number of nitrogens with zero attached hydrogens (tertiary/aromatic N) is 1. The molecule has 0 unspecified atom stereocenters. The van der Waals surface area contributed by atoms with Gasteiger partial charge in [0.1, 0.15) is 10.6 Å². The lowest BCUT2D eigenvalue weighted by Crippen LogP contribution is -2.35. The Hall–Kier alpha value is -2.23. The molecule has 162 valence electrons. The van der Waals surface area contributed by atoms with Crippen molar-refractivity contribution in [2.45, 2.75) is 37.7 Å². The van der Waals surface area contributed by atoms with Gasteiger partial charge < -0.3 is 10.1 Å². The summed E-state index contributed by atoms with van der Waals surface area (Å²) >= 11 is 6.13. The van der Waals surface area contributed by atoms with Gasteiger partial charge in [0.05, 0.1) is 5.02 Å². The Morgan fingerprint density at radius 2 is 1.87 bits per heavy atom. The van der Waals surface area contributed by atoms with Crippen LogP contribution in [0.1, 0.15) is 35.2 Å². The smallest absolute Gasteiger partial charge is 0.387 e. The van der Waals surface area contributed by atoms with Gasteiger partial charge in [-0.3, -0.25) is 4.79 Å². The van der Waals surface area contributed by atoms with E-state index >= 15 is 0 Å². The highest BCUT2D eigenvalue weighted by Gasteiger charge is 2.29. The zero-order chi connectivity index (χ0) is 21.9. The van der Waals surface area contributed by atoms with Crippen LogP contribution < -0.4 is 10.1 Å². The van der Waals surface area contributed by atoms with E-state index in [0.717, 1.165) is 19.3 Å². The van der Waals surface area contributed by atoms with Crippen molar-refractivity contribution >= 4 is 33.2 Å². The van der Waals surface area contributed by atoms with E-state index in [9.17, 15) is 22.0 Å². The Labute approximate surface area is 178 Å². The summed E-state index contributed by atoms with van der Waals surface area (Å²) in [6.45, 7) is -0.647. The van der Waals surface area contributed by atoms with E-state index in [4.69, 9.17) is 11.6 Å². The van der Waals surface area contributed by atoms with Gasteiger partial charge in [0.15, 0.2) is 0 Å². The summed E-state index contributed by atoms with van der Waals surface area (Å²) in [7, 11) is -3.83. The van der Waals surface area contributed by atoms with Crippen molar-refractivity contribution in [3.63, 3.8) is 0 Å². The number of hydrogen-bond acceptors (Lipinski definition) is 4. The van der Waals surface area contributed by atoms with Gasteiger partial charge in [-0.2, -0.15) is 13.1 Å². The molecule has 1 saturated heterocycles. The van der Waals surface area contributed by atoms with Crippen LogP contribution >= 0.6 is 11.6 Å². The van der Waals surface area contributed by atoms with Crippen LogP contribution in [0.4, 0.5) is 14.5 Å². The molecule has 1 N–H and O–H groups in total. The molecule has 30 heavy (non-hydrogen) atoms. The van der Waals surface area contributed by atoms with Crippen LogP contribution in [-0.2, 0) is 10.0 Å². The van der Waals surface area contributed by atoms with E-state index in [2.05, 4.69) is 10.1 Å². The average molecular weight is 459 g/mol. The SMILES string of the molecule is Cc1c(NC(=O)c2ccc(Cl)c(S(=O)(=O)N3CCCCC3)c2)cccc1OC(F)F. The number of carbonyl (C=O) groups is 1. The number of rotatable bonds is 6. The van der Waals surface area contributed by atoms with Gasteiger partial charge in [0.2, 0.25) is 10.0 Å². The topological polar surface area (TPSA) is 75.7 Å². The zero-order valence-corrected chi connectivity index (χ0v) is 17.8. The molecule has 0 spiro atoms. The molecule has 3 rings (SSSR count). The Bertz CT molecular complexity index is 1040. The molecule has 0 radical (unpaired) electrons. The second kappa shape index (κ2) is 9.28. The summed E-state index contributed by atoms with van der Waals surface area (Å²) in [5.74, 6) is -0.661. The first-order valence-electron chi connectivity index (χ1n) is 9.35. The quantitative estimate of drug-likeness (QED) is 0.682. The molecule has 10 heteroatoms. The fourth-order valence-electron chi connectivity index (χ4n) is 3.25. The highest BCUT2D eigenvalue weighted by molar-refractivity contribution is 7.89. The van der Waals surface area contributed by atoms with E-state index in [1.165, 1.54) is 47.6 Å². The van der Waals surface area contributed by atoms with Crippen LogP contribution in [0, 0.1) is 6.92 Å². The van der Waals surface area contributed by atoms with Crippen molar-refractivity contribution in [2.75, 3.05) is 18.4 Å². The lowest BCUT2D eigenvalue weighted by Gasteiger charge is -2.26. The second-order valence-corrected chi connectivity index (χ2v) is 9.18. The van der Waals surface area contributed by atoms with Crippen LogP contribution in [0.15, 0.2) is 41.3 Å². The predicted octanol–water partition coefficient (Wildman–Crippen LogP) is 4.68. The maximum Gasteiger partial charge on any atom is 0.387 e. The van der Waals surface area contributed by atoms with Gasteiger partial charge >= 0.3 is 6.61 Å². The number of sulfonamides is 1. The van der Waals surface area contributed by atoms with E-state index in [0.29, 0.717) is 18.7 Å². The molecule has 0 saturated carbocycles. The van der Waals surface area contributed by atoms with Crippen LogP contribution in [0.5, 0.6) is 5.75 Å². The number of halogens is 3. The highest BCUT2D eigenvalue weighted by Crippen LogP contribution is 2.30. The number of ether oxygens (including phenoxy) is 1. The first-order valence-corrected chi connectivity index (χ1v) is 11.2. The maximum absolute atomic E-state index is 13.0. The van der Waals surface area contributed by atoms with Gasteiger partial charge in [-0.25, -0.2) is 8.42 Å². The van der Waals surface area contributed by atoms with E-state index < -0.39 is 22.5 Å². The first-order chi connectivity index (χ1) is 14.2. The number of benzene rings is 2. The normalized spacial score (nSPS) is 15.2. The molecule has 1 heterocycles. The maximum atomic E-state index is 13.0. The molecular formula is C20H21ClF2N2O4S. The van der Waals surface area contributed by atoms with Crippen LogP contribution in [0.3, 0.4) is 0 Å². The van der Waals surface area contributed by atoms with E-state index in [1.807, 2.05) is 0 Å². The first kappa shape index (κ1) is 22.5. The molecule has 6 nitrogen and oxygen atoms in total. The van der Waals surface area contributed by atoms with Gasteiger partial charge in [-0.15, -0.1) is 0 Å². The molecule has 2 aromatic rings. The van der Waals surface area contributed by atoms with Crippen molar-refractivity contribution in [2.24, 2.45) is 0 Å². The highest BCUT2D eigenvalue weighted by atomic mass is 35.5. The third-order valence-electron chi connectivity index (χ3n) is 4.87. The molecular weight excluding hydrogens is 438 g/mol. The number of anilines is 1. The Balaban J connectivity index is 1.87. The number of piperidine rings is 1. The van der Waals surface area contributed by atoms with Crippen LogP contribution in [0.2, 0.25) is 5.02 Å². The number of alkyl halides is 2. The Morgan fingerprint density at radius 3 is 2.53 bits per heavy atom. The van der Waals surface area contributed by atoms with E-state index in [-0.39, 0.29) is 26.9 Å². The molecule has 0 aromatic heterocycles. The second-order valence-electron chi connectivity index (χ2n) is 6.87. The van der Waals surface area contributed by atoms with Gasteiger partial charge in [-0.1, -0.05) is 24.1 Å². The largest absolute Gasteiger partial charge is 0.434 e. The van der Waals surface area contributed by atoms with Crippen LogP contribution in [-0.4, -0.2) is 38.3 Å². The number of carbonyl (C=O) groups excluding carboxylic acids is 1. The average Bonchev–Trinajstić information content (AvgIpc) is 2.71. The van der Waals surface area contributed by atoms with Gasteiger partial charge in [0.25, 0.3) is 5.91 Å². The summed E-state index contributed by atoms with van der Waals surface area (Å²) in [4.78, 5) is 12.6. The summed E-state index contributed by atoms with van der Waals surface area (Å²) in [5, 5.41) is 2.63. The molecule has 2 aromatic carbocycles. The minimum atomic E-state index is -3.83.